The Kier molecular flexibility index (Phi) is 3.49. The van der Waals surface area contributed by atoms with Gasteiger partial charge in [-0.05, 0) is 33.7 Å². The van der Waals surface area contributed by atoms with Crippen molar-refractivity contribution in [3.63, 3.8) is 0 Å². The van der Waals surface area contributed by atoms with Crippen molar-refractivity contribution in [1.82, 2.24) is 5.32 Å². The Labute approximate surface area is 109 Å². The van der Waals surface area contributed by atoms with Crippen molar-refractivity contribution in [2.45, 2.75) is 25.7 Å². The minimum Gasteiger partial charge on any atom is -0.304 e. The third kappa shape index (κ3) is 3.04. The Morgan fingerprint density at radius 1 is 1.24 bits per heavy atom. The third-order valence-corrected chi connectivity index (χ3v) is 4.42. The first-order valence-corrected chi connectivity index (χ1v) is 7.45. The molecule has 5 heteroatoms. The number of hydrogen-bond donors (Lipinski definition) is 1. The monoisotopic (exact) mass is 266 g/mol. The number of hydrogen-bond acceptors (Lipinski definition) is 4. The van der Waals surface area contributed by atoms with Gasteiger partial charge in [-0.15, -0.1) is 0 Å². The molecule has 0 atom stereocenters. The maximum Gasteiger partial charge on any atom is 0.231 e. The van der Waals surface area contributed by atoms with Crippen LogP contribution in [0.5, 0.6) is 0 Å². The highest BCUT2D eigenvalue weighted by atomic mass is 33.1. The second-order valence-electron chi connectivity index (χ2n) is 4.76. The van der Waals surface area contributed by atoms with Gasteiger partial charge in [0.2, 0.25) is 5.91 Å². The molecule has 0 unspecified atom stereocenters. The Morgan fingerprint density at radius 2 is 1.94 bits per heavy atom. The molecule has 1 aliphatic heterocycles. The van der Waals surface area contributed by atoms with Gasteiger partial charge >= 0.3 is 0 Å². The minimum absolute atomic E-state index is 0.0104. The average Bonchev–Trinajstić information content (AvgIpc) is 2.27. The van der Waals surface area contributed by atoms with E-state index in [9.17, 15) is 4.79 Å². The van der Waals surface area contributed by atoms with Crippen molar-refractivity contribution in [1.29, 1.82) is 0 Å². The molecule has 90 valence electrons. The van der Waals surface area contributed by atoms with E-state index in [1.165, 1.54) is 10.8 Å². The molecule has 0 saturated heterocycles. The van der Waals surface area contributed by atoms with E-state index in [-0.39, 0.29) is 5.91 Å². The van der Waals surface area contributed by atoms with Crippen LogP contribution in [0.25, 0.3) is 0 Å². The molecular formula is C12H14N2OS2. The minimum atomic E-state index is -0.398. The summed E-state index contributed by atoms with van der Waals surface area (Å²) in [4.78, 5) is 17.4. The first-order valence-electron chi connectivity index (χ1n) is 5.30. The summed E-state index contributed by atoms with van der Waals surface area (Å²) in [6, 6.07) is 7.91. The Balaban J connectivity index is 2.16. The maximum absolute atomic E-state index is 11.8. The lowest BCUT2D eigenvalue weighted by molar-refractivity contribution is -0.126. The number of amides is 1. The Morgan fingerprint density at radius 3 is 2.65 bits per heavy atom. The molecule has 1 aromatic rings. The van der Waals surface area contributed by atoms with Crippen LogP contribution in [-0.4, -0.2) is 11.1 Å². The second-order valence-corrected chi connectivity index (χ2v) is 6.92. The smallest absolute Gasteiger partial charge is 0.231 e. The molecule has 0 fully saturated rings. The van der Waals surface area contributed by atoms with Crippen molar-refractivity contribution in [3.8, 4) is 0 Å². The second kappa shape index (κ2) is 4.74. The number of carbonyl (C=O) groups is 1. The predicted octanol–water partition coefficient (Wildman–Crippen LogP) is 3.59. The Hall–Kier alpha value is -0.940. The van der Waals surface area contributed by atoms with Crippen molar-refractivity contribution in [3.05, 3.63) is 24.3 Å². The normalized spacial score (nSPS) is 14.9. The number of rotatable bonds is 0. The van der Waals surface area contributed by atoms with Gasteiger partial charge in [-0.3, -0.25) is 4.79 Å². The molecule has 17 heavy (non-hydrogen) atoms. The fourth-order valence-electron chi connectivity index (χ4n) is 1.17. The van der Waals surface area contributed by atoms with Gasteiger partial charge in [-0.1, -0.05) is 32.9 Å². The van der Waals surface area contributed by atoms with Crippen LogP contribution in [0, 0.1) is 5.41 Å². The molecule has 0 spiro atoms. The molecule has 0 saturated carbocycles. The largest absolute Gasteiger partial charge is 0.304 e. The van der Waals surface area contributed by atoms with E-state index in [2.05, 4.69) is 10.3 Å². The molecule has 2 rings (SSSR count). The zero-order chi connectivity index (χ0) is 12.5. The van der Waals surface area contributed by atoms with Crippen LogP contribution in [-0.2, 0) is 4.79 Å². The Bertz CT molecular complexity index is 478. The average molecular weight is 266 g/mol. The first kappa shape index (κ1) is 12.5. The van der Waals surface area contributed by atoms with Gasteiger partial charge < -0.3 is 5.32 Å². The van der Waals surface area contributed by atoms with Crippen LogP contribution in [0.3, 0.4) is 0 Å². The summed E-state index contributed by atoms with van der Waals surface area (Å²) in [7, 11) is 3.11. The maximum atomic E-state index is 11.8. The number of fused-ring (bicyclic) bond motifs is 1. The predicted molar refractivity (Wildman–Crippen MR) is 74.6 cm³/mol. The van der Waals surface area contributed by atoms with E-state index in [4.69, 9.17) is 0 Å². The number of carbonyl (C=O) groups excluding carboxylic acids is 1. The van der Waals surface area contributed by atoms with E-state index in [0.717, 1.165) is 10.6 Å². The van der Waals surface area contributed by atoms with Crippen LogP contribution in [0.4, 0.5) is 5.69 Å². The summed E-state index contributed by atoms with van der Waals surface area (Å²) >= 11 is 0. The van der Waals surface area contributed by atoms with Gasteiger partial charge in [-0.25, -0.2) is 4.99 Å². The molecule has 1 aliphatic rings. The van der Waals surface area contributed by atoms with Crippen molar-refractivity contribution in [2.75, 3.05) is 0 Å². The van der Waals surface area contributed by atoms with Crippen LogP contribution >= 0.6 is 21.6 Å². The molecule has 1 heterocycles. The van der Waals surface area contributed by atoms with E-state index in [1.54, 1.807) is 10.8 Å². The van der Waals surface area contributed by atoms with Crippen LogP contribution in [0.1, 0.15) is 20.8 Å². The highest BCUT2D eigenvalue weighted by Gasteiger charge is 2.24. The number of nitrogens with zero attached hydrogens (tertiary/aromatic N) is 1. The lowest BCUT2D eigenvalue weighted by atomic mass is 9.96. The summed E-state index contributed by atoms with van der Waals surface area (Å²) in [6.07, 6.45) is 0. The third-order valence-electron chi connectivity index (χ3n) is 2.20. The van der Waals surface area contributed by atoms with Gasteiger partial charge in [-0.2, -0.15) is 0 Å². The molecule has 1 amide bonds. The zero-order valence-electron chi connectivity index (χ0n) is 9.98. The molecule has 1 aromatic carbocycles. The lowest BCUT2D eigenvalue weighted by Crippen LogP contribution is -2.37. The standard InChI is InChI=1S/C12H14N2OS2/c1-12(2,3)10(15)14-11-13-8-6-4-5-7-9(8)16-17-11/h4-7H,1-3H3,(H,13,14,15). The quantitative estimate of drug-likeness (QED) is 0.730. The molecule has 1 N–H and O–H groups in total. The summed E-state index contributed by atoms with van der Waals surface area (Å²) in [5, 5.41) is 3.51. The summed E-state index contributed by atoms with van der Waals surface area (Å²) in [6.45, 7) is 5.66. The first-order chi connectivity index (χ1) is 7.97. The van der Waals surface area contributed by atoms with Gasteiger partial charge in [0.25, 0.3) is 0 Å². The molecule has 0 radical (unpaired) electrons. The van der Waals surface area contributed by atoms with Gasteiger partial charge in [0.15, 0.2) is 5.17 Å². The van der Waals surface area contributed by atoms with E-state index < -0.39 is 5.41 Å². The summed E-state index contributed by atoms with van der Waals surface area (Å²) < 4.78 is 0. The highest BCUT2D eigenvalue weighted by Crippen LogP contribution is 2.42. The lowest BCUT2D eigenvalue weighted by Gasteiger charge is -2.20. The van der Waals surface area contributed by atoms with Gasteiger partial charge in [0.05, 0.1) is 5.69 Å². The van der Waals surface area contributed by atoms with Gasteiger partial charge in [0.1, 0.15) is 0 Å². The highest BCUT2D eigenvalue weighted by molar-refractivity contribution is 8.82. The van der Waals surface area contributed by atoms with E-state index in [0.29, 0.717) is 5.17 Å². The number of amidine groups is 1. The summed E-state index contributed by atoms with van der Waals surface area (Å²) in [5.74, 6) is -0.0104. The SMILES string of the molecule is CC(C)(C)C(=O)NC1=Nc2ccccc2SS1. The van der Waals surface area contributed by atoms with E-state index in [1.807, 2.05) is 45.0 Å². The number of benzene rings is 1. The van der Waals surface area contributed by atoms with Crippen molar-refractivity contribution >= 4 is 38.4 Å². The topological polar surface area (TPSA) is 41.5 Å². The molecule has 3 nitrogen and oxygen atoms in total. The molecule has 0 aromatic heterocycles. The fourth-order valence-corrected chi connectivity index (χ4v) is 3.10. The fraction of sp³-hybridized carbons (Fsp3) is 0.333. The van der Waals surface area contributed by atoms with Crippen molar-refractivity contribution in [2.24, 2.45) is 10.4 Å². The van der Waals surface area contributed by atoms with E-state index >= 15 is 0 Å². The number of aliphatic imine (C=N–C) groups is 1. The number of para-hydroxylation sites is 1. The molecular weight excluding hydrogens is 252 g/mol. The van der Waals surface area contributed by atoms with Crippen molar-refractivity contribution < 1.29 is 4.79 Å². The van der Waals surface area contributed by atoms with Crippen LogP contribution in [0.15, 0.2) is 34.2 Å². The molecule has 0 bridgehead atoms. The zero-order valence-corrected chi connectivity index (χ0v) is 11.6. The van der Waals surface area contributed by atoms with Crippen LogP contribution in [0.2, 0.25) is 0 Å². The number of nitrogens with one attached hydrogen (secondary N) is 1. The van der Waals surface area contributed by atoms with Crippen LogP contribution < -0.4 is 5.32 Å². The summed E-state index contributed by atoms with van der Waals surface area (Å²) in [5.41, 5.74) is 0.519. The molecule has 0 aliphatic carbocycles. The van der Waals surface area contributed by atoms with Gasteiger partial charge in [0, 0.05) is 10.3 Å².